The molecule has 0 fully saturated rings. The van der Waals surface area contributed by atoms with E-state index in [9.17, 15) is 4.39 Å². The second kappa shape index (κ2) is 5.32. The molecule has 0 saturated heterocycles. The first-order valence-electron chi connectivity index (χ1n) is 5.60. The molecule has 0 unspecified atom stereocenters. The van der Waals surface area contributed by atoms with Crippen molar-refractivity contribution < 1.29 is 4.39 Å². The summed E-state index contributed by atoms with van der Waals surface area (Å²) in [6.45, 7) is 0.661. The van der Waals surface area contributed by atoms with Gasteiger partial charge in [0, 0.05) is 37.6 Å². The lowest BCUT2D eigenvalue weighted by atomic mass is 10.2. The van der Waals surface area contributed by atoms with Gasteiger partial charge in [0.25, 0.3) is 0 Å². The summed E-state index contributed by atoms with van der Waals surface area (Å²) in [5.74, 6) is -0.405. The third kappa shape index (κ3) is 2.86. The van der Waals surface area contributed by atoms with Crippen LogP contribution >= 0.6 is 0 Å². The topological polar surface area (TPSA) is 53.6 Å². The SMILES string of the molecule is Cn1nccc1CCNc1cc(F)cc(C#N)c1. The van der Waals surface area contributed by atoms with Gasteiger partial charge >= 0.3 is 0 Å². The van der Waals surface area contributed by atoms with Gasteiger partial charge in [-0.15, -0.1) is 0 Å². The summed E-state index contributed by atoms with van der Waals surface area (Å²) in [4.78, 5) is 0. The maximum absolute atomic E-state index is 13.2. The number of aromatic nitrogens is 2. The van der Waals surface area contributed by atoms with E-state index >= 15 is 0 Å². The highest BCUT2D eigenvalue weighted by Crippen LogP contribution is 2.13. The Bertz CT molecular complexity index is 583. The van der Waals surface area contributed by atoms with Crippen LogP contribution < -0.4 is 5.32 Å². The van der Waals surface area contributed by atoms with E-state index < -0.39 is 5.82 Å². The van der Waals surface area contributed by atoms with E-state index in [1.807, 2.05) is 19.2 Å². The summed E-state index contributed by atoms with van der Waals surface area (Å²) in [6, 6.07) is 8.09. The van der Waals surface area contributed by atoms with Crippen molar-refractivity contribution in [3.05, 3.63) is 47.5 Å². The number of anilines is 1. The van der Waals surface area contributed by atoms with E-state index in [0.717, 1.165) is 12.1 Å². The van der Waals surface area contributed by atoms with Crippen LogP contribution in [0, 0.1) is 17.1 Å². The van der Waals surface area contributed by atoms with E-state index in [1.165, 1.54) is 12.1 Å². The molecule has 1 aromatic heterocycles. The van der Waals surface area contributed by atoms with Crippen LogP contribution in [-0.4, -0.2) is 16.3 Å². The molecule has 0 amide bonds. The lowest BCUT2D eigenvalue weighted by Crippen LogP contribution is -2.08. The third-order valence-electron chi connectivity index (χ3n) is 2.66. The summed E-state index contributed by atoms with van der Waals surface area (Å²) in [5, 5.41) is 15.9. The van der Waals surface area contributed by atoms with Gasteiger partial charge in [-0.1, -0.05) is 0 Å². The number of halogens is 1. The van der Waals surface area contributed by atoms with Gasteiger partial charge in [-0.3, -0.25) is 4.68 Å². The van der Waals surface area contributed by atoms with Gasteiger partial charge < -0.3 is 5.32 Å². The summed E-state index contributed by atoms with van der Waals surface area (Å²) < 4.78 is 15.0. The second-order valence-electron chi connectivity index (χ2n) is 3.96. The normalized spacial score (nSPS) is 10.1. The fourth-order valence-corrected chi connectivity index (χ4v) is 1.74. The standard InChI is InChI=1S/C13H13FN4/c1-18-13(3-5-17-18)2-4-16-12-7-10(9-15)6-11(14)8-12/h3,5-8,16H,2,4H2,1H3. The first-order chi connectivity index (χ1) is 8.69. The van der Waals surface area contributed by atoms with E-state index in [0.29, 0.717) is 17.8 Å². The average molecular weight is 244 g/mol. The Labute approximate surface area is 105 Å². The molecule has 1 heterocycles. The van der Waals surface area contributed by atoms with Crippen molar-refractivity contribution >= 4 is 5.69 Å². The minimum Gasteiger partial charge on any atom is -0.385 e. The van der Waals surface area contributed by atoms with Crippen LogP contribution in [0.1, 0.15) is 11.3 Å². The predicted molar refractivity (Wildman–Crippen MR) is 66.5 cm³/mol. The molecule has 92 valence electrons. The molecule has 2 rings (SSSR count). The molecule has 2 aromatic rings. The van der Waals surface area contributed by atoms with Crippen LogP contribution in [0.2, 0.25) is 0 Å². The van der Waals surface area contributed by atoms with Gasteiger partial charge in [-0.25, -0.2) is 4.39 Å². The number of rotatable bonds is 4. The van der Waals surface area contributed by atoms with E-state index in [-0.39, 0.29) is 0 Å². The molecule has 1 aromatic carbocycles. The molecular weight excluding hydrogens is 231 g/mol. The van der Waals surface area contributed by atoms with E-state index in [4.69, 9.17) is 5.26 Å². The number of benzene rings is 1. The van der Waals surface area contributed by atoms with Gasteiger partial charge in [-0.2, -0.15) is 10.4 Å². The first-order valence-corrected chi connectivity index (χ1v) is 5.60. The van der Waals surface area contributed by atoms with Crippen LogP contribution in [0.3, 0.4) is 0 Å². The average Bonchev–Trinajstić information content (AvgIpc) is 2.74. The molecule has 0 spiro atoms. The van der Waals surface area contributed by atoms with Gasteiger partial charge in [-0.05, 0) is 24.3 Å². The molecule has 5 heteroatoms. The van der Waals surface area contributed by atoms with Crippen LogP contribution in [0.15, 0.2) is 30.5 Å². The summed E-state index contributed by atoms with van der Waals surface area (Å²) in [7, 11) is 1.88. The maximum Gasteiger partial charge on any atom is 0.126 e. The number of nitriles is 1. The van der Waals surface area contributed by atoms with Crippen molar-refractivity contribution in [1.29, 1.82) is 5.26 Å². The Hall–Kier alpha value is -2.35. The van der Waals surface area contributed by atoms with Crippen molar-refractivity contribution in [3.8, 4) is 6.07 Å². The minimum atomic E-state index is -0.405. The maximum atomic E-state index is 13.2. The lowest BCUT2D eigenvalue weighted by Gasteiger charge is -2.07. The molecule has 0 aliphatic carbocycles. The largest absolute Gasteiger partial charge is 0.385 e. The smallest absolute Gasteiger partial charge is 0.126 e. The van der Waals surface area contributed by atoms with Gasteiger partial charge in [0.05, 0.1) is 11.6 Å². The second-order valence-corrected chi connectivity index (χ2v) is 3.96. The Kier molecular flexibility index (Phi) is 3.58. The van der Waals surface area contributed by atoms with Gasteiger partial charge in [0.15, 0.2) is 0 Å². The number of aryl methyl sites for hydroxylation is 1. The zero-order valence-corrected chi connectivity index (χ0v) is 10.0. The van der Waals surface area contributed by atoms with E-state index in [1.54, 1.807) is 16.9 Å². The highest BCUT2D eigenvalue weighted by molar-refractivity contribution is 5.49. The summed E-state index contributed by atoms with van der Waals surface area (Å²) >= 11 is 0. The molecule has 0 aliphatic heterocycles. The highest BCUT2D eigenvalue weighted by Gasteiger charge is 2.01. The number of hydrogen-bond donors (Lipinski definition) is 1. The molecule has 0 bridgehead atoms. The van der Waals surface area contributed by atoms with Crippen LogP contribution in [-0.2, 0) is 13.5 Å². The quantitative estimate of drug-likeness (QED) is 0.896. The Morgan fingerprint density at radius 2 is 2.28 bits per heavy atom. The van der Waals surface area contributed by atoms with Crippen LogP contribution in [0.25, 0.3) is 0 Å². The molecule has 1 N–H and O–H groups in total. The Morgan fingerprint density at radius 3 is 2.94 bits per heavy atom. The Morgan fingerprint density at radius 1 is 1.44 bits per heavy atom. The summed E-state index contributed by atoms with van der Waals surface area (Å²) in [6.07, 6.45) is 2.53. The minimum absolute atomic E-state index is 0.318. The van der Waals surface area contributed by atoms with Gasteiger partial charge in [0.1, 0.15) is 5.82 Å². The highest BCUT2D eigenvalue weighted by atomic mass is 19.1. The lowest BCUT2D eigenvalue weighted by molar-refractivity contribution is 0.627. The van der Waals surface area contributed by atoms with Crippen LogP contribution in [0.5, 0.6) is 0 Å². The Balaban J connectivity index is 1.97. The van der Waals surface area contributed by atoms with Crippen molar-refractivity contribution in [2.75, 3.05) is 11.9 Å². The molecule has 18 heavy (non-hydrogen) atoms. The molecule has 0 saturated carbocycles. The molecule has 0 atom stereocenters. The number of nitrogens with zero attached hydrogens (tertiary/aromatic N) is 3. The number of nitrogens with one attached hydrogen (secondary N) is 1. The summed E-state index contributed by atoms with van der Waals surface area (Å²) in [5.41, 5.74) is 2.03. The molecule has 0 radical (unpaired) electrons. The predicted octanol–water partition coefficient (Wildman–Crippen LogP) is 2.09. The monoisotopic (exact) mass is 244 g/mol. The van der Waals surface area contributed by atoms with Gasteiger partial charge in [0.2, 0.25) is 0 Å². The van der Waals surface area contributed by atoms with Crippen molar-refractivity contribution in [3.63, 3.8) is 0 Å². The zero-order chi connectivity index (χ0) is 13.0. The zero-order valence-electron chi connectivity index (χ0n) is 10.0. The molecule has 0 aliphatic rings. The fourth-order valence-electron chi connectivity index (χ4n) is 1.74. The molecular formula is C13H13FN4. The van der Waals surface area contributed by atoms with Crippen molar-refractivity contribution in [2.24, 2.45) is 7.05 Å². The van der Waals surface area contributed by atoms with Crippen molar-refractivity contribution in [1.82, 2.24) is 9.78 Å². The van der Waals surface area contributed by atoms with E-state index in [2.05, 4.69) is 10.4 Å². The van der Waals surface area contributed by atoms with Crippen LogP contribution in [0.4, 0.5) is 10.1 Å². The van der Waals surface area contributed by atoms with Crippen molar-refractivity contribution in [2.45, 2.75) is 6.42 Å². The third-order valence-corrected chi connectivity index (χ3v) is 2.66. The first kappa shape index (κ1) is 12.1. The molecule has 4 nitrogen and oxygen atoms in total. The fraction of sp³-hybridized carbons (Fsp3) is 0.231. The number of hydrogen-bond acceptors (Lipinski definition) is 3.